The van der Waals surface area contributed by atoms with Gasteiger partial charge in [-0.3, -0.25) is 0 Å². The summed E-state index contributed by atoms with van der Waals surface area (Å²) in [6.45, 7) is 3.02. The summed E-state index contributed by atoms with van der Waals surface area (Å²) in [7, 11) is 0. The van der Waals surface area contributed by atoms with Gasteiger partial charge in [0.05, 0.1) is 29.7 Å². The molecule has 0 aliphatic carbocycles. The van der Waals surface area contributed by atoms with Gasteiger partial charge in [0, 0.05) is 6.54 Å². The summed E-state index contributed by atoms with van der Waals surface area (Å²) < 4.78 is 7.03. The van der Waals surface area contributed by atoms with E-state index in [0.717, 1.165) is 17.0 Å². The van der Waals surface area contributed by atoms with Gasteiger partial charge in [0.1, 0.15) is 0 Å². The van der Waals surface area contributed by atoms with E-state index in [-0.39, 0.29) is 0 Å². The molecule has 0 atom stereocenters. The Kier molecular flexibility index (Phi) is 3.66. The van der Waals surface area contributed by atoms with Gasteiger partial charge in [0.25, 0.3) is 0 Å². The van der Waals surface area contributed by atoms with Gasteiger partial charge in [-0.1, -0.05) is 17.7 Å². The van der Waals surface area contributed by atoms with Crippen LogP contribution in [0.4, 0.5) is 0 Å². The number of benzene rings is 1. The first kappa shape index (κ1) is 12.0. The maximum absolute atomic E-state index is 6.17. The predicted molar refractivity (Wildman–Crippen MR) is 67.6 cm³/mol. The van der Waals surface area contributed by atoms with Gasteiger partial charge in [0.2, 0.25) is 0 Å². The fraction of sp³-hybridized carbons (Fsp3) is 0.250. The van der Waals surface area contributed by atoms with E-state index < -0.39 is 0 Å². The van der Waals surface area contributed by atoms with Crippen LogP contribution in [0, 0.1) is 0 Å². The molecule has 0 bridgehead atoms. The highest BCUT2D eigenvalue weighted by atomic mass is 35.5. The Morgan fingerprint density at radius 2 is 2.29 bits per heavy atom. The standard InChI is InChI=1S/C12H14ClN3O/c1-2-17-10-7-15-16(8-10)12-4-3-9(6-14)5-11(12)13/h3-5,7-8H,2,6,14H2,1H3. The Morgan fingerprint density at radius 3 is 2.94 bits per heavy atom. The van der Waals surface area contributed by atoms with Crippen LogP contribution in [0.2, 0.25) is 5.02 Å². The van der Waals surface area contributed by atoms with Crippen molar-refractivity contribution in [1.29, 1.82) is 0 Å². The molecule has 2 rings (SSSR count). The summed E-state index contributed by atoms with van der Waals surface area (Å²) in [6, 6.07) is 5.68. The molecule has 0 radical (unpaired) electrons. The van der Waals surface area contributed by atoms with Crippen molar-refractivity contribution in [2.24, 2.45) is 5.73 Å². The number of aromatic nitrogens is 2. The van der Waals surface area contributed by atoms with E-state index in [1.807, 2.05) is 25.1 Å². The third-order valence-electron chi connectivity index (χ3n) is 2.36. The Balaban J connectivity index is 2.32. The average Bonchev–Trinajstić information content (AvgIpc) is 2.78. The van der Waals surface area contributed by atoms with Gasteiger partial charge < -0.3 is 10.5 Å². The highest BCUT2D eigenvalue weighted by molar-refractivity contribution is 6.32. The Morgan fingerprint density at radius 1 is 1.47 bits per heavy atom. The monoisotopic (exact) mass is 251 g/mol. The first-order chi connectivity index (χ1) is 8.24. The zero-order valence-electron chi connectivity index (χ0n) is 9.56. The fourth-order valence-corrected chi connectivity index (χ4v) is 1.83. The largest absolute Gasteiger partial charge is 0.491 e. The molecule has 0 aliphatic rings. The topological polar surface area (TPSA) is 53.1 Å². The summed E-state index contributed by atoms with van der Waals surface area (Å²) in [6.07, 6.45) is 3.46. The SMILES string of the molecule is CCOc1cnn(-c2ccc(CN)cc2Cl)c1. The maximum atomic E-state index is 6.17. The summed E-state index contributed by atoms with van der Waals surface area (Å²) in [5.41, 5.74) is 7.36. The second-order valence-corrected chi connectivity index (χ2v) is 3.95. The van der Waals surface area contributed by atoms with E-state index >= 15 is 0 Å². The molecule has 1 heterocycles. The van der Waals surface area contributed by atoms with Gasteiger partial charge in [-0.15, -0.1) is 0 Å². The summed E-state index contributed by atoms with van der Waals surface area (Å²) >= 11 is 6.17. The Labute approximate surface area is 105 Å². The van der Waals surface area contributed by atoms with Crippen molar-refractivity contribution in [3.8, 4) is 11.4 Å². The van der Waals surface area contributed by atoms with Gasteiger partial charge >= 0.3 is 0 Å². The van der Waals surface area contributed by atoms with Crippen molar-refractivity contribution in [3.63, 3.8) is 0 Å². The van der Waals surface area contributed by atoms with Crippen molar-refractivity contribution < 1.29 is 4.74 Å². The zero-order valence-corrected chi connectivity index (χ0v) is 10.3. The quantitative estimate of drug-likeness (QED) is 0.908. The van der Waals surface area contributed by atoms with Gasteiger partial charge in [-0.25, -0.2) is 4.68 Å². The van der Waals surface area contributed by atoms with E-state index in [0.29, 0.717) is 18.2 Å². The van der Waals surface area contributed by atoms with E-state index in [1.165, 1.54) is 0 Å². The Hall–Kier alpha value is -1.52. The lowest BCUT2D eigenvalue weighted by atomic mass is 10.2. The number of halogens is 1. The van der Waals surface area contributed by atoms with E-state index in [9.17, 15) is 0 Å². The minimum absolute atomic E-state index is 0.475. The molecule has 2 aromatic rings. The average molecular weight is 252 g/mol. The lowest BCUT2D eigenvalue weighted by Crippen LogP contribution is -1.99. The molecule has 0 amide bonds. The predicted octanol–water partition coefficient (Wildman–Crippen LogP) is 2.38. The molecule has 0 unspecified atom stereocenters. The van der Waals surface area contributed by atoms with Crippen LogP contribution in [0.3, 0.4) is 0 Å². The summed E-state index contributed by atoms with van der Waals surface area (Å²) in [5, 5.41) is 4.82. The number of hydrogen-bond donors (Lipinski definition) is 1. The number of nitrogens with zero attached hydrogens (tertiary/aromatic N) is 2. The van der Waals surface area contributed by atoms with Crippen molar-refractivity contribution >= 4 is 11.6 Å². The normalized spacial score (nSPS) is 10.5. The van der Waals surface area contributed by atoms with E-state index in [1.54, 1.807) is 17.1 Å². The number of rotatable bonds is 4. The van der Waals surface area contributed by atoms with Gasteiger partial charge in [-0.05, 0) is 24.6 Å². The molecule has 4 nitrogen and oxygen atoms in total. The summed E-state index contributed by atoms with van der Waals surface area (Å²) in [5.74, 6) is 0.728. The molecule has 0 saturated heterocycles. The van der Waals surface area contributed by atoms with Crippen molar-refractivity contribution in [2.45, 2.75) is 13.5 Å². The number of nitrogens with two attached hydrogens (primary N) is 1. The smallest absolute Gasteiger partial charge is 0.157 e. The molecular weight excluding hydrogens is 238 g/mol. The molecule has 0 saturated carbocycles. The molecule has 17 heavy (non-hydrogen) atoms. The van der Waals surface area contributed by atoms with Crippen LogP contribution in [-0.2, 0) is 6.54 Å². The maximum Gasteiger partial charge on any atom is 0.157 e. The molecule has 2 N–H and O–H groups in total. The third-order valence-corrected chi connectivity index (χ3v) is 2.67. The summed E-state index contributed by atoms with van der Waals surface area (Å²) in [4.78, 5) is 0. The van der Waals surface area contributed by atoms with E-state index in [4.69, 9.17) is 22.1 Å². The molecule has 1 aromatic carbocycles. The van der Waals surface area contributed by atoms with Crippen molar-refractivity contribution in [1.82, 2.24) is 9.78 Å². The Bertz CT molecular complexity index is 510. The van der Waals surface area contributed by atoms with Crippen LogP contribution in [0.5, 0.6) is 5.75 Å². The first-order valence-corrected chi connectivity index (χ1v) is 5.78. The minimum atomic E-state index is 0.475. The zero-order chi connectivity index (χ0) is 12.3. The van der Waals surface area contributed by atoms with Gasteiger partial charge in [-0.2, -0.15) is 5.10 Å². The second-order valence-electron chi connectivity index (χ2n) is 3.54. The van der Waals surface area contributed by atoms with Crippen LogP contribution in [0.1, 0.15) is 12.5 Å². The third kappa shape index (κ3) is 2.60. The van der Waals surface area contributed by atoms with Crippen LogP contribution in [-0.4, -0.2) is 16.4 Å². The van der Waals surface area contributed by atoms with Crippen LogP contribution in [0.25, 0.3) is 5.69 Å². The molecule has 0 fully saturated rings. The lowest BCUT2D eigenvalue weighted by Gasteiger charge is -2.05. The minimum Gasteiger partial charge on any atom is -0.491 e. The molecular formula is C12H14ClN3O. The molecule has 0 aliphatic heterocycles. The first-order valence-electron chi connectivity index (χ1n) is 5.41. The molecule has 5 heteroatoms. The van der Waals surface area contributed by atoms with Crippen LogP contribution >= 0.6 is 11.6 Å². The fourth-order valence-electron chi connectivity index (χ4n) is 1.54. The number of hydrogen-bond acceptors (Lipinski definition) is 3. The second kappa shape index (κ2) is 5.21. The van der Waals surface area contributed by atoms with E-state index in [2.05, 4.69) is 5.10 Å². The highest BCUT2D eigenvalue weighted by Crippen LogP contribution is 2.23. The van der Waals surface area contributed by atoms with Crippen molar-refractivity contribution in [2.75, 3.05) is 6.61 Å². The molecule has 0 spiro atoms. The molecule has 90 valence electrons. The lowest BCUT2D eigenvalue weighted by molar-refractivity contribution is 0.340. The van der Waals surface area contributed by atoms with Crippen molar-refractivity contribution in [3.05, 3.63) is 41.2 Å². The highest BCUT2D eigenvalue weighted by Gasteiger charge is 2.06. The molecule has 1 aromatic heterocycles. The van der Waals surface area contributed by atoms with Crippen LogP contribution in [0.15, 0.2) is 30.6 Å². The van der Waals surface area contributed by atoms with Gasteiger partial charge in [0.15, 0.2) is 5.75 Å². The number of ether oxygens (including phenoxy) is 1. The van der Waals surface area contributed by atoms with Crippen LogP contribution < -0.4 is 10.5 Å².